The Morgan fingerprint density at radius 3 is 2.63 bits per heavy atom. The molecule has 2 aliphatic heterocycles. The average Bonchev–Trinajstić information content (AvgIpc) is 3.14. The lowest BCUT2D eigenvalue weighted by Gasteiger charge is -2.32. The molecule has 27 heavy (non-hydrogen) atoms. The number of ether oxygens (including phenoxy) is 1. The van der Waals surface area contributed by atoms with Crippen molar-refractivity contribution in [3.63, 3.8) is 0 Å². The monoisotopic (exact) mass is 392 g/mol. The molecular formula is C19H29BN2O4S. The van der Waals surface area contributed by atoms with Gasteiger partial charge in [0.05, 0.1) is 17.4 Å². The van der Waals surface area contributed by atoms with Crippen LogP contribution in [0.4, 0.5) is 0 Å². The van der Waals surface area contributed by atoms with Gasteiger partial charge in [0.1, 0.15) is 6.23 Å². The van der Waals surface area contributed by atoms with Gasteiger partial charge in [0, 0.05) is 31.0 Å². The fourth-order valence-electron chi connectivity index (χ4n) is 3.09. The Hall–Kier alpha value is -1.09. The summed E-state index contributed by atoms with van der Waals surface area (Å²) in [7, 11) is -0.476. The van der Waals surface area contributed by atoms with Gasteiger partial charge in [-0.15, -0.1) is 0 Å². The van der Waals surface area contributed by atoms with E-state index in [4.69, 9.17) is 14.0 Å². The predicted molar refractivity (Wildman–Crippen MR) is 108 cm³/mol. The zero-order valence-corrected chi connectivity index (χ0v) is 17.7. The molecule has 2 aliphatic rings. The van der Waals surface area contributed by atoms with E-state index in [0.717, 1.165) is 36.9 Å². The highest BCUT2D eigenvalue weighted by Crippen LogP contribution is 2.39. The molecule has 1 aromatic heterocycles. The van der Waals surface area contributed by atoms with Gasteiger partial charge in [-0.05, 0) is 52.4 Å². The van der Waals surface area contributed by atoms with E-state index >= 15 is 0 Å². The lowest BCUT2D eigenvalue weighted by molar-refractivity contribution is -0.109. The van der Waals surface area contributed by atoms with Crippen LogP contribution in [0.1, 0.15) is 65.7 Å². The van der Waals surface area contributed by atoms with Gasteiger partial charge in [-0.1, -0.05) is 17.8 Å². The highest BCUT2D eigenvalue weighted by Gasteiger charge is 2.52. The number of carbonyl (C=O) groups excluding carboxylic acids is 1. The van der Waals surface area contributed by atoms with Crippen molar-refractivity contribution >= 4 is 30.1 Å². The van der Waals surface area contributed by atoms with E-state index in [1.165, 1.54) is 11.8 Å². The molecule has 0 amide bonds. The Morgan fingerprint density at radius 2 is 2.04 bits per heavy atom. The second-order valence-corrected chi connectivity index (χ2v) is 9.31. The third-order valence-corrected chi connectivity index (χ3v) is 6.31. The van der Waals surface area contributed by atoms with E-state index in [9.17, 15) is 4.79 Å². The van der Waals surface area contributed by atoms with E-state index in [0.29, 0.717) is 5.75 Å². The van der Waals surface area contributed by atoms with Crippen LogP contribution in [-0.4, -0.2) is 45.6 Å². The smallest absolute Gasteiger partial charge is 0.400 e. The molecule has 8 heteroatoms. The Bertz CT molecular complexity index is 694. The summed E-state index contributed by atoms with van der Waals surface area (Å²) in [5.74, 6) is 0.525. The van der Waals surface area contributed by atoms with Crippen molar-refractivity contribution in [1.29, 1.82) is 0 Å². The van der Waals surface area contributed by atoms with Crippen LogP contribution in [0.2, 0.25) is 0 Å². The van der Waals surface area contributed by atoms with E-state index in [-0.39, 0.29) is 11.3 Å². The minimum atomic E-state index is -0.476. The van der Waals surface area contributed by atoms with Crippen LogP contribution in [0.3, 0.4) is 0 Å². The van der Waals surface area contributed by atoms with Gasteiger partial charge >= 0.3 is 7.12 Å². The van der Waals surface area contributed by atoms with E-state index in [1.807, 2.05) is 50.8 Å². The second kappa shape index (κ2) is 8.11. The Labute approximate surface area is 166 Å². The topological polar surface area (TPSA) is 62.6 Å². The quantitative estimate of drug-likeness (QED) is 0.709. The van der Waals surface area contributed by atoms with E-state index in [1.54, 1.807) is 6.92 Å². The molecule has 0 bridgehead atoms. The first-order chi connectivity index (χ1) is 12.7. The molecule has 2 saturated heterocycles. The molecule has 2 fully saturated rings. The van der Waals surface area contributed by atoms with Gasteiger partial charge in [-0.3, -0.25) is 4.79 Å². The van der Waals surface area contributed by atoms with Gasteiger partial charge in [-0.25, -0.2) is 4.68 Å². The van der Waals surface area contributed by atoms with Crippen molar-refractivity contribution in [2.45, 2.75) is 71.3 Å². The number of hydrogen-bond donors (Lipinski definition) is 0. The second-order valence-electron chi connectivity index (χ2n) is 8.16. The zero-order chi connectivity index (χ0) is 19.7. The maximum Gasteiger partial charge on any atom is 0.491 e. The number of rotatable bonds is 5. The summed E-state index contributed by atoms with van der Waals surface area (Å²) in [5.41, 5.74) is 1.05. The summed E-state index contributed by atoms with van der Waals surface area (Å²) in [5, 5.41) is 4.54. The zero-order valence-electron chi connectivity index (χ0n) is 16.9. The summed E-state index contributed by atoms with van der Waals surface area (Å²) < 4.78 is 20.1. The number of nitrogens with zero attached hydrogens (tertiary/aromatic N) is 2. The molecular weight excluding hydrogens is 363 g/mol. The van der Waals surface area contributed by atoms with Crippen LogP contribution in [0.15, 0.2) is 17.9 Å². The van der Waals surface area contributed by atoms with Gasteiger partial charge in [0.25, 0.3) is 0 Å². The predicted octanol–water partition coefficient (Wildman–Crippen LogP) is 3.88. The van der Waals surface area contributed by atoms with Crippen LogP contribution in [0.5, 0.6) is 0 Å². The highest BCUT2D eigenvalue weighted by atomic mass is 32.2. The van der Waals surface area contributed by atoms with Crippen LogP contribution in [-0.2, 0) is 18.8 Å². The van der Waals surface area contributed by atoms with Crippen LogP contribution in [0, 0.1) is 0 Å². The third-order valence-electron chi connectivity index (χ3n) is 5.42. The Kier molecular flexibility index (Phi) is 6.20. The molecule has 3 rings (SSSR count). The lowest BCUT2D eigenvalue weighted by atomic mass is 9.78. The molecule has 148 valence electrons. The molecule has 0 spiro atoms. The summed E-state index contributed by atoms with van der Waals surface area (Å²) in [6, 6.07) is 0. The molecule has 3 heterocycles. The molecule has 0 N–H and O–H groups in total. The minimum Gasteiger partial charge on any atom is -0.400 e. The van der Waals surface area contributed by atoms with E-state index < -0.39 is 18.3 Å². The van der Waals surface area contributed by atoms with Crippen molar-refractivity contribution in [2.75, 3.05) is 12.4 Å². The standard InChI is InChI=1S/C19H29BN2O4S/c1-14(23)27-13-16(20-25-18(2,3)19(4,5)26-20)10-15-11-21-22(12-15)17-8-6-7-9-24-17/h10-12,17H,6-9,13H2,1-5H3/t17-/m0/s1. The highest BCUT2D eigenvalue weighted by molar-refractivity contribution is 8.13. The first-order valence-corrected chi connectivity index (χ1v) is 10.5. The molecule has 0 aliphatic carbocycles. The summed E-state index contributed by atoms with van der Waals surface area (Å²) >= 11 is 1.26. The van der Waals surface area contributed by atoms with Crippen molar-refractivity contribution in [1.82, 2.24) is 9.78 Å². The van der Waals surface area contributed by atoms with Gasteiger partial charge in [0.15, 0.2) is 5.12 Å². The van der Waals surface area contributed by atoms with Crippen molar-refractivity contribution in [3.05, 3.63) is 23.4 Å². The summed E-state index contributed by atoms with van der Waals surface area (Å²) in [6.07, 6.45) is 9.08. The number of aromatic nitrogens is 2. The molecule has 6 nitrogen and oxygen atoms in total. The van der Waals surface area contributed by atoms with Gasteiger partial charge in [-0.2, -0.15) is 5.10 Å². The van der Waals surface area contributed by atoms with Crippen molar-refractivity contribution in [2.24, 2.45) is 0 Å². The fraction of sp³-hybridized carbons (Fsp3) is 0.684. The normalized spacial score (nSPS) is 25.0. The van der Waals surface area contributed by atoms with Crippen LogP contribution in [0.25, 0.3) is 6.08 Å². The third kappa shape index (κ3) is 4.85. The summed E-state index contributed by atoms with van der Waals surface area (Å²) in [4.78, 5) is 11.5. The van der Waals surface area contributed by atoms with Crippen molar-refractivity contribution in [3.8, 4) is 0 Å². The first-order valence-electron chi connectivity index (χ1n) is 9.53. The molecule has 0 saturated carbocycles. The largest absolute Gasteiger partial charge is 0.491 e. The fourth-order valence-corrected chi connectivity index (χ4v) is 3.68. The maximum absolute atomic E-state index is 11.5. The van der Waals surface area contributed by atoms with Crippen molar-refractivity contribution < 1.29 is 18.8 Å². The first kappa shape index (κ1) is 20.6. The number of carbonyl (C=O) groups is 1. The van der Waals surface area contributed by atoms with Gasteiger partial charge < -0.3 is 14.0 Å². The summed E-state index contributed by atoms with van der Waals surface area (Å²) in [6.45, 7) is 10.5. The molecule has 0 radical (unpaired) electrons. The SMILES string of the molecule is CC(=O)SCC(=Cc1cnn([C@@H]2CCCCO2)c1)B1OC(C)(C)C(C)(C)O1. The molecule has 1 aromatic rings. The van der Waals surface area contributed by atoms with E-state index in [2.05, 4.69) is 5.10 Å². The Morgan fingerprint density at radius 1 is 1.33 bits per heavy atom. The van der Waals surface area contributed by atoms with Crippen LogP contribution < -0.4 is 0 Å². The number of thioether (sulfide) groups is 1. The number of hydrogen-bond acceptors (Lipinski definition) is 6. The molecule has 0 unspecified atom stereocenters. The Balaban J connectivity index is 1.80. The van der Waals surface area contributed by atoms with Crippen LogP contribution >= 0.6 is 11.8 Å². The average molecular weight is 392 g/mol. The lowest BCUT2D eigenvalue weighted by Crippen LogP contribution is -2.41. The minimum absolute atomic E-state index is 0.00721. The molecule has 0 aromatic carbocycles. The van der Waals surface area contributed by atoms with Gasteiger partial charge in [0.2, 0.25) is 0 Å². The maximum atomic E-state index is 11.5. The molecule has 1 atom stereocenters.